The molecule has 1 aliphatic rings. The molecule has 0 atom stereocenters. The van der Waals surface area contributed by atoms with Crippen LogP contribution in [-0.4, -0.2) is 28.0 Å². The highest BCUT2D eigenvalue weighted by Crippen LogP contribution is 2.32. The zero-order valence-corrected chi connectivity index (χ0v) is 13.8. The lowest BCUT2D eigenvalue weighted by Gasteiger charge is -2.23. The number of hydrogen-bond acceptors (Lipinski definition) is 3. The quantitative estimate of drug-likeness (QED) is 0.719. The SMILES string of the molecule is C/C(=C\n1c2c(c3cc(C)ccc31)CN(C)CC2)c1cnco1. The highest BCUT2D eigenvalue weighted by atomic mass is 16.3. The zero-order chi connectivity index (χ0) is 16.0. The van der Waals surface area contributed by atoms with E-state index >= 15 is 0 Å². The Bertz CT molecular complexity index is 887. The van der Waals surface area contributed by atoms with E-state index in [1.165, 1.54) is 34.1 Å². The van der Waals surface area contributed by atoms with Gasteiger partial charge < -0.3 is 13.9 Å². The van der Waals surface area contributed by atoms with Gasteiger partial charge in [-0.25, -0.2) is 4.98 Å². The third-order valence-corrected chi connectivity index (χ3v) is 4.68. The summed E-state index contributed by atoms with van der Waals surface area (Å²) in [6, 6.07) is 6.72. The number of hydrogen-bond donors (Lipinski definition) is 0. The van der Waals surface area contributed by atoms with Crippen molar-refractivity contribution in [2.75, 3.05) is 13.6 Å². The summed E-state index contributed by atoms with van der Waals surface area (Å²) in [5.41, 5.74) is 6.54. The van der Waals surface area contributed by atoms with E-state index in [0.717, 1.165) is 30.8 Å². The van der Waals surface area contributed by atoms with E-state index in [1.807, 2.05) is 0 Å². The first kappa shape index (κ1) is 14.3. The molecular formula is C19H21N3O. The third kappa shape index (κ3) is 2.39. The van der Waals surface area contributed by atoms with E-state index in [1.54, 1.807) is 6.20 Å². The minimum absolute atomic E-state index is 0.820. The number of likely N-dealkylation sites (N-methyl/N-ethyl adjacent to an activating group) is 1. The molecule has 0 fully saturated rings. The van der Waals surface area contributed by atoms with Crippen molar-refractivity contribution in [3.8, 4) is 0 Å². The summed E-state index contributed by atoms with van der Waals surface area (Å²) in [6.45, 7) is 6.34. The molecule has 3 heterocycles. The van der Waals surface area contributed by atoms with Gasteiger partial charge in [0, 0.05) is 42.4 Å². The number of allylic oxidation sites excluding steroid dienone is 1. The fraction of sp³-hybridized carbons (Fsp3) is 0.316. The molecule has 0 aliphatic carbocycles. The van der Waals surface area contributed by atoms with Crippen LogP contribution in [0.1, 0.15) is 29.5 Å². The minimum Gasteiger partial charge on any atom is -0.444 e. The van der Waals surface area contributed by atoms with Crippen LogP contribution in [-0.2, 0) is 13.0 Å². The van der Waals surface area contributed by atoms with Crippen molar-refractivity contribution in [2.45, 2.75) is 26.8 Å². The number of aromatic nitrogens is 2. The summed E-state index contributed by atoms with van der Waals surface area (Å²) in [4.78, 5) is 6.41. The maximum absolute atomic E-state index is 5.44. The molecule has 0 saturated heterocycles. The van der Waals surface area contributed by atoms with Crippen molar-refractivity contribution in [3.63, 3.8) is 0 Å². The molecule has 0 bridgehead atoms. The van der Waals surface area contributed by atoms with Crippen LogP contribution in [0, 0.1) is 6.92 Å². The molecule has 0 unspecified atom stereocenters. The van der Waals surface area contributed by atoms with Crippen LogP contribution in [0.4, 0.5) is 0 Å². The number of fused-ring (bicyclic) bond motifs is 3. The number of benzene rings is 1. The second kappa shape index (κ2) is 5.39. The predicted molar refractivity (Wildman–Crippen MR) is 93.1 cm³/mol. The second-order valence-corrected chi connectivity index (χ2v) is 6.48. The lowest BCUT2D eigenvalue weighted by Crippen LogP contribution is -2.26. The van der Waals surface area contributed by atoms with E-state index in [-0.39, 0.29) is 0 Å². The van der Waals surface area contributed by atoms with Gasteiger partial charge in [-0.05, 0) is 38.6 Å². The average Bonchev–Trinajstić information content (AvgIpc) is 3.15. The van der Waals surface area contributed by atoms with Gasteiger partial charge in [0.25, 0.3) is 0 Å². The molecule has 23 heavy (non-hydrogen) atoms. The Balaban J connectivity index is 1.94. The van der Waals surface area contributed by atoms with Gasteiger partial charge in [-0.1, -0.05) is 11.6 Å². The number of oxazole rings is 1. The molecule has 0 radical (unpaired) electrons. The van der Waals surface area contributed by atoms with Gasteiger partial charge in [0.05, 0.1) is 11.7 Å². The van der Waals surface area contributed by atoms with Crippen molar-refractivity contribution in [1.29, 1.82) is 0 Å². The Hall–Kier alpha value is -2.33. The Kier molecular flexibility index (Phi) is 3.34. The molecule has 0 saturated carbocycles. The van der Waals surface area contributed by atoms with Gasteiger partial charge in [0.1, 0.15) is 0 Å². The van der Waals surface area contributed by atoms with E-state index in [2.05, 4.69) is 59.7 Å². The van der Waals surface area contributed by atoms with Crippen LogP contribution in [0.15, 0.2) is 35.2 Å². The van der Waals surface area contributed by atoms with Gasteiger partial charge in [0.2, 0.25) is 0 Å². The maximum Gasteiger partial charge on any atom is 0.181 e. The molecule has 4 nitrogen and oxygen atoms in total. The monoisotopic (exact) mass is 307 g/mol. The summed E-state index contributed by atoms with van der Waals surface area (Å²) in [7, 11) is 2.19. The molecule has 1 aromatic carbocycles. The van der Waals surface area contributed by atoms with Crippen LogP contribution in [0.3, 0.4) is 0 Å². The maximum atomic E-state index is 5.44. The molecular weight excluding hydrogens is 286 g/mol. The molecule has 3 aromatic rings. The summed E-state index contributed by atoms with van der Waals surface area (Å²) >= 11 is 0. The van der Waals surface area contributed by atoms with Crippen LogP contribution in [0.25, 0.3) is 22.7 Å². The first-order chi connectivity index (χ1) is 11.1. The lowest BCUT2D eigenvalue weighted by atomic mass is 10.0. The molecule has 4 rings (SSSR count). The first-order valence-electron chi connectivity index (χ1n) is 8.01. The van der Waals surface area contributed by atoms with Gasteiger partial charge in [-0.2, -0.15) is 0 Å². The largest absolute Gasteiger partial charge is 0.444 e. The van der Waals surface area contributed by atoms with Crippen molar-refractivity contribution in [2.24, 2.45) is 0 Å². The van der Waals surface area contributed by atoms with E-state index in [4.69, 9.17) is 4.42 Å². The van der Waals surface area contributed by atoms with Crippen LogP contribution < -0.4 is 0 Å². The van der Waals surface area contributed by atoms with Crippen LogP contribution in [0.5, 0.6) is 0 Å². The molecule has 4 heteroatoms. The zero-order valence-electron chi connectivity index (χ0n) is 13.8. The van der Waals surface area contributed by atoms with E-state index in [9.17, 15) is 0 Å². The second-order valence-electron chi connectivity index (χ2n) is 6.48. The summed E-state index contributed by atoms with van der Waals surface area (Å²) < 4.78 is 7.78. The normalized spacial score (nSPS) is 16.0. The number of rotatable bonds is 2. The average molecular weight is 307 g/mol. The van der Waals surface area contributed by atoms with Crippen molar-refractivity contribution < 1.29 is 4.42 Å². The van der Waals surface area contributed by atoms with Gasteiger partial charge >= 0.3 is 0 Å². The van der Waals surface area contributed by atoms with E-state index < -0.39 is 0 Å². The predicted octanol–water partition coefficient (Wildman–Crippen LogP) is 3.94. The van der Waals surface area contributed by atoms with Gasteiger partial charge in [0.15, 0.2) is 12.2 Å². The topological polar surface area (TPSA) is 34.2 Å². The summed E-state index contributed by atoms with van der Waals surface area (Å²) in [6.07, 6.45) is 6.50. The Morgan fingerprint density at radius 1 is 1.35 bits per heavy atom. The molecule has 0 amide bonds. The van der Waals surface area contributed by atoms with Gasteiger partial charge in [-0.3, -0.25) is 0 Å². The highest BCUT2D eigenvalue weighted by Gasteiger charge is 2.21. The Labute approximate surface area is 136 Å². The van der Waals surface area contributed by atoms with Crippen LogP contribution in [0.2, 0.25) is 0 Å². The molecule has 118 valence electrons. The first-order valence-corrected chi connectivity index (χ1v) is 8.01. The minimum atomic E-state index is 0.820. The van der Waals surface area contributed by atoms with Gasteiger partial charge in [-0.15, -0.1) is 0 Å². The standard InChI is InChI=1S/C19H21N3O/c1-13-4-5-17-15(8-13)16-11-21(3)7-6-18(16)22(17)10-14(2)19-9-20-12-23-19/h4-5,8-10,12H,6-7,11H2,1-3H3/b14-10+. The molecule has 0 N–H and O–H groups in total. The molecule has 2 aromatic heterocycles. The summed E-state index contributed by atoms with van der Waals surface area (Å²) in [5.74, 6) is 0.820. The summed E-state index contributed by atoms with van der Waals surface area (Å²) in [5, 5.41) is 1.37. The smallest absolute Gasteiger partial charge is 0.181 e. The van der Waals surface area contributed by atoms with Crippen molar-refractivity contribution in [3.05, 3.63) is 53.4 Å². The van der Waals surface area contributed by atoms with Crippen molar-refractivity contribution >= 4 is 22.7 Å². The number of nitrogens with zero attached hydrogens (tertiary/aromatic N) is 3. The lowest BCUT2D eigenvalue weighted by molar-refractivity contribution is 0.312. The van der Waals surface area contributed by atoms with E-state index in [0.29, 0.717) is 0 Å². The number of aryl methyl sites for hydroxylation is 1. The Morgan fingerprint density at radius 3 is 3.00 bits per heavy atom. The van der Waals surface area contributed by atoms with Crippen molar-refractivity contribution in [1.82, 2.24) is 14.5 Å². The highest BCUT2D eigenvalue weighted by molar-refractivity contribution is 5.90. The molecule has 0 spiro atoms. The Morgan fingerprint density at radius 2 is 2.22 bits per heavy atom. The molecule has 1 aliphatic heterocycles. The van der Waals surface area contributed by atoms with Crippen LogP contribution >= 0.6 is 0 Å². The fourth-order valence-electron chi connectivity index (χ4n) is 3.46. The fourth-order valence-corrected chi connectivity index (χ4v) is 3.46. The third-order valence-electron chi connectivity index (χ3n) is 4.68.